The van der Waals surface area contributed by atoms with Crippen molar-refractivity contribution in [1.82, 2.24) is 5.32 Å². The first-order valence-corrected chi connectivity index (χ1v) is 14.9. The third-order valence-electron chi connectivity index (χ3n) is 7.62. The van der Waals surface area contributed by atoms with E-state index in [1.165, 1.54) is 37.7 Å². The van der Waals surface area contributed by atoms with E-state index >= 15 is 0 Å². The Morgan fingerprint density at radius 2 is 1.55 bits per heavy atom. The van der Waals surface area contributed by atoms with Crippen LogP contribution in [0.5, 0.6) is 11.5 Å². The number of nitrogens with zero attached hydrogens (tertiary/aromatic N) is 4. The number of ether oxygens (including phenoxy) is 2. The average molecular weight is 656 g/mol. The van der Waals surface area contributed by atoms with E-state index in [4.69, 9.17) is 26.5 Å². The number of hydrogen-bond donors (Lipinski definition) is 3. The molecule has 0 saturated heterocycles. The van der Waals surface area contributed by atoms with E-state index < -0.39 is 58.4 Å². The number of nitrogens with two attached hydrogens (primary N) is 2. The van der Waals surface area contributed by atoms with Crippen LogP contribution in [-0.4, -0.2) is 30.4 Å². The second-order valence-electron chi connectivity index (χ2n) is 10.9. The third-order valence-corrected chi connectivity index (χ3v) is 7.62. The van der Waals surface area contributed by atoms with Gasteiger partial charge in [-0.15, -0.1) is 0 Å². The topological polar surface area (TPSA) is 178 Å². The van der Waals surface area contributed by atoms with Gasteiger partial charge in [-0.25, -0.2) is 22.4 Å². The molecule has 3 aromatic rings. The zero-order valence-electron chi connectivity index (χ0n) is 25.2. The first-order chi connectivity index (χ1) is 22.6. The number of carbonyl (C=O) groups excluding carboxylic acids is 2. The fourth-order valence-corrected chi connectivity index (χ4v) is 5.08. The van der Waals surface area contributed by atoms with Gasteiger partial charge in [-0.3, -0.25) is 15.1 Å². The number of amides is 1. The highest BCUT2D eigenvalue weighted by atomic mass is 19.2. The van der Waals surface area contributed by atoms with E-state index in [1.54, 1.807) is 29.6 Å². The molecule has 1 atom stereocenters. The van der Waals surface area contributed by atoms with Crippen molar-refractivity contribution in [1.29, 1.82) is 0 Å². The predicted octanol–water partition coefficient (Wildman–Crippen LogP) is 6.57. The fourth-order valence-electron chi connectivity index (χ4n) is 5.08. The molecular weight excluding hydrogens is 622 g/mol. The Morgan fingerprint density at radius 1 is 0.936 bits per heavy atom. The van der Waals surface area contributed by atoms with Crippen LogP contribution in [0.15, 0.2) is 58.6 Å². The molecule has 47 heavy (non-hydrogen) atoms. The van der Waals surface area contributed by atoms with Gasteiger partial charge < -0.3 is 20.9 Å². The van der Waals surface area contributed by atoms with Crippen LogP contribution in [0.2, 0.25) is 0 Å². The first kappa shape index (κ1) is 34.7. The molecule has 0 heterocycles. The van der Waals surface area contributed by atoms with E-state index in [0.29, 0.717) is 18.3 Å². The Kier molecular flexibility index (Phi) is 12.1. The minimum Gasteiger partial charge on any atom is -0.489 e. The summed E-state index contributed by atoms with van der Waals surface area (Å²) in [5, 5.41) is 4.35. The van der Waals surface area contributed by atoms with Crippen LogP contribution < -0.4 is 26.3 Å². The normalized spacial score (nSPS) is 14.2. The predicted molar refractivity (Wildman–Crippen MR) is 165 cm³/mol. The van der Waals surface area contributed by atoms with Crippen LogP contribution in [-0.2, 0) is 11.4 Å². The summed E-state index contributed by atoms with van der Waals surface area (Å²) in [5.41, 5.74) is 19.0. The van der Waals surface area contributed by atoms with Crippen molar-refractivity contribution < 1.29 is 36.6 Å². The van der Waals surface area contributed by atoms with Crippen LogP contribution in [0.25, 0.3) is 10.4 Å². The van der Waals surface area contributed by atoms with Gasteiger partial charge in [0.2, 0.25) is 0 Å². The monoisotopic (exact) mass is 655 g/mol. The maximum Gasteiger partial charge on any atom is 0.328 e. The number of rotatable bonds is 12. The number of benzene rings is 3. The molecule has 15 heteroatoms. The molecule has 0 aromatic heterocycles. The molecule has 1 amide bonds. The van der Waals surface area contributed by atoms with Gasteiger partial charge in [-0.2, -0.15) is 0 Å². The summed E-state index contributed by atoms with van der Waals surface area (Å²) < 4.78 is 67.4. The second kappa shape index (κ2) is 16.4. The lowest BCUT2D eigenvalue weighted by Gasteiger charge is -2.22. The van der Waals surface area contributed by atoms with Gasteiger partial charge in [0.05, 0.1) is 0 Å². The van der Waals surface area contributed by atoms with Crippen molar-refractivity contribution in [3.8, 4) is 11.5 Å². The molecule has 3 aromatic carbocycles. The van der Waals surface area contributed by atoms with E-state index in [1.807, 2.05) is 0 Å². The molecule has 1 aliphatic carbocycles. The quantitative estimate of drug-likeness (QED) is 0.0190. The van der Waals surface area contributed by atoms with E-state index in [0.717, 1.165) is 5.56 Å². The Bertz CT molecular complexity index is 1630. The van der Waals surface area contributed by atoms with Gasteiger partial charge in [-0.05, 0) is 72.5 Å². The molecule has 0 aliphatic heterocycles. The average Bonchev–Trinajstić information content (AvgIpc) is 3.08. The van der Waals surface area contributed by atoms with Crippen molar-refractivity contribution in [2.75, 3.05) is 6.54 Å². The van der Waals surface area contributed by atoms with Crippen molar-refractivity contribution >= 4 is 23.5 Å². The number of azide groups is 1. The SMILES string of the molecule is [N-]=[N+]=Nc1c(F)c(F)c(C(=O)NC(N)=NCCCC(N)C(=O)Oc2ccc(OCc3ccc(C4CCCCC4)cc3)cc2)c(F)c1F. The largest absolute Gasteiger partial charge is 0.489 e. The molecule has 0 radical (unpaired) electrons. The highest BCUT2D eigenvalue weighted by Crippen LogP contribution is 2.33. The van der Waals surface area contributed by atoms with Crippen molar-refractivity contribution in [3.05, 3.63) is 98.9 Å². The van der Waals surface area contributed by atoms with Crippen molar-refractivity contribution in [2.24, 2.45) is 21.6 Å². The van der Waals surface area contributed by atoms with Gasteiger partial charge >= 0.3 is 5.97 Å². The summed E-state index contributed by atoms with van der Waals surface area (Å²) >= 11 is 0. The molecule has 4 rings (SSSR count). The van der Waals surface area contributed by atoms with E-state index in [2.05, 4.69) is 39.3 Å². The molecular formula is C32H33F4N7O4. The molecule has 1 fully saturated rings. The lowest BCUT2D eigenvalue weighted by atomic mass is 9.84. The standard InChI is InChI=1S/C32H33F4N7O4/c33-25-24(26(34)28(36)29(27(25)35)42-43-39)30(44)41-32(38)40-16-4-7-23(37)31(45)47-22-14-12-21(13-15-22)46-17-18-8-10-20(11-9-18)19-5-2-1-3-6-19/h8-15,19,23H,1-7,16-17,37H2,(H3,38,40,41,44). The number of nitrogens with one attached hydrogen (secondary N) is 1. The Morgan fingerprint density at radius 3 is 2.17 bits per heavy atom. The molecule has 11 nitrogen and oxygen atoms in total. The second-order valence-corrected chi connectivity index (χ2v) is 10.9. The highest BCUT2D eigenvalue weighted by molar-refractivity contribution is 6.05. The van der Waals surface area contributed by atoms with Crippen LogP contribution in [0.1, 0.15) is 72.3 Å². The van der Waals surface area contributed by atoms with Crippen molar-refractivity contribution in [2.45, 2.75) is 63.5 Å². The lowest BCUT2D eigenvalue weighted by Crippen LogP contribution is -2.38. The fraction of sp³-hybridized carbons (Fsp3) is 0.344. The first-order valence-electron chi connectivity index (χ1n) is 14.9. The summed E-state index contributed by atoms with van der Waals surface area (Å²) in [6.07, 6.45) is 6.67. The summed E-state index contributed by atoms with van der Waals surface area (Å²) in [5.74, 6) is -9.74. The van der Waals surface area contributed by atoms with Gasteiger partial charge in [-0.1, -0.05) is 48.6 Å². The summed E-state index contributed by atoms with van der Waals surface area (Å²) in [6, 6.07) is 14.0. The number of aliphatic imine (C=N–C) groups is 1. The van der Waals surface area contributed by atoms with Crippen molar-refractivity contribution in [3.63, 3.8) is 0 Å². The molecule has 1 saturated carbocycles. The van der Waals surface area contributed by atoms with Gasteiger partial charge in [0, 0.05) is 11.5 Å². The van der Waals surface area contributed by atoms with E-state index in [9.17, 15) is 27.2 Å². The van der Waals surface area contributed by atoms with Gasteiger partial charge in [0.1, 0.15) is 35.4 Å². The molecule has 248 valence electrons. The van der Waals surface area contributed by atoms with Gasteiger partial charge in [0.15, 0.2) is 29.2 Å². The highest BCUT2D eigenvalue weighted by Gasteiger charge is 2.29. The zero-order chi connectivity index (χ0) is 33.9. The maximum absolute atomic E-state index is 14.2. The Hall–Kier alpha value is -5.14. The van der Waals surface area contributed by atoms with Gasteiger partial charge in [0.25, 0.3) is 5.91 Å². The minimum atomic E-state index is -2.08. The number of halogens is 4. The number of guanidine groups is 1. The minimum absolute atomic E-state index is 0.0774. The summed E-state index contributed by atoms with van der Waals surface area (Å²) in [6.45, 7) is 0.314. The Labute approximate surface area is 267 Å². The lowest BCUT2D eigenvalue weighted by molar-refractivity contribution is -0.136. The molecule has 1 aliphatic rings. The summed E-state index contributed by atoms with van der Waals surface area (Å²) in [4.78, 5) is 30.4. The molecule has 5 N–H and O–H groups in total. The zero-order valence-corrected chi connectivity index (χ0v) is 25.2. The number of hydrogen-bond acceptors (Lipinski definition) is 7. The van der Waals surface area contributed by atoms with Crippen LogP contribution in [0, 0.1) is 23.3 Å². The van der Waals surface area contributed by atoms with Crippen LogP contribution in [0.3, 0.4) is 0 Å². The number of esters is 1. The Balaban J connectivity index is 1.19. The van der Waals surface area contributed by atoms with E-state index in [-0.39, 0.29) is 25.1 Å². The molecule has 0 bridgehead atoms. The molecule has 1 unspecified atom stereocenters. The smallest absolute Gasteiger partial charge is 0.328 e. The summed E-state index contributed by atoms with van der Waals surface area (Å²) in [7, 11) is 0. The van der Waals surface area contributed by atoms with Crippen LogP contribution >= 0.6 is 0 Å². The van der Waals surface area contributed by atoms with Crippen LogP contribution in [0.4, 0.5) is 23.2 Å². The molecule has 0 spiro atoms. The number of carbonyl (C=O) groups is 2. The third kappa shape index (κ3) is 9.21. The maximum atomic E-state index is 14.2.